The third-order valence-electron chi connectivity index (χ3n) is 3.48. The summed E-state index contributed by atoms with van der Waals surface area (Å²) in [5, 5.41) is 3.94. The molecule has 3 rings (SSSR count). The summed E-state index contributed by atoms with van der Waals surface area (Å²) in [6.07, 6.45) is 1.30. The lowest BCUT2D eigenvalue weighted by molar-refractivity contribution is 0.0962. The Labute approximate surface area is 173 Å². The third-order valence-corrected chi connectivity index (χ3v) is 4.72. The zero-order chi connectivity index (χ0) is 19.4. The first-order valence-corrected chi connectivity index (χ1v) is 9.14. The van der Waals surface area contributed by atoms with Gasteiger partial charge in [-0.05, 0) is 46.3 Å². The average molecular weight is 468 g/mol. The van der Waals surface area contributed by atoms with Crippen molar-refractivity contribution in [2.24, 2.45) is 0 Å². The molecular weight excluding hydrogens is 455 g/mol. The van der Waals surface area contributed by atoms with Gasteiger partial charge in [0, 0.05) is 9.50 Å². The molecule has 1 heterocycles. The van der Waals surface area contributed by atoms with Gasteiger partial charge in [-0.3, -0.25) is 15.6 Å². The van der Waals surface area contributed by atoms with Crippen LogP contribution in [0.4, 0.5) is 23.0 Å². The Balaban J connectivity index is 1.75. The molecule has 5 N–H and O–H groups in total. The molecule has 0 unspecified atom stereocenters. The number of anilines is 4. The van der Waals surface area contributed by atoms with Crippen molar-refractivity contribution in [1.29, 1.82) is 0 Å². The van der Waals surface area contributed by atoms with Crippen molar-refractivity contribution in [3.8, 4) is 0 Å². The average Bonchev–Trinajstić information content (AvgIpc) is 2.64. The van der Waals surface area contributed by atoms with Crippen LogP contribution in [0.25, 0.3) is 0 Å². The van der Waals surface area contributed by atoms with Crippen LogP contribution in [0, 0.1) is 0 Å². The van der Waals surface area contributed by atoms with Crippen molar-refractivity contribution in [2.45, 2.75) is 0 Å². The first-order valence-electron chi connectivity index (χ1n) is 7.59. The van der Waals surface area contributed by atoms with Crippen LogP contribution in [0.3, 0.4) is 0 Å². The molecule has 1 amide bonds. The normalized spacial score (nSPS) is 10.3. The molecule has 0 aliphatic carbocycles. The van der Waals surface area contributed by atoms with Crippen LogP contribution in [-0.4, -0.2) is 15.9 Å². The Bertz CT molecular complexity index is 1000. The van der Waals surface area contributed by atoms with E-state index < -0.39 is 0 Å². The molecule has 1 aromatic heterocycles. The number of rotatable bonds is 5. The summed E-state index contributed by atoms with van der Waals surface area (Å²) in [4.78, 5) is 20.4. The number of carbonyl (C=O) groups is 1. The van der Waals surface area contributed by atoms with Crippen molar-refractivity contribution < 1.29 is 4.79 Å². The summed E-state index contributed by atoms with van der Waals surface area (Å²) in [6, 6.07) is 12.0. The molecule has 0 saturated carbocycles. The summed E-state index contributed by atoms with van der Waals surface area (Å²) in [5.41, 5.74) is 12.6. The van der Waals surface area contributed by atoms with Gasteiger partial charge in [-0.25, -0.2) is 9.97 Å². The van der Waals surface area contributed by atoms with Gasteiger partial charge in [-0.2, -0.15) is 0 Å². The maximum atomic E-state index is 12.3. The molecule has 0 bridgehead atoms. The molecule has 0 aliphatic heterocycles. The van der Waals surface area contributed by atoms with E-state index in [9.17, 15) is 4.79 Å². The Kier molecular flexibility index (Phi) is 6.00. The Morgan fingerprint density at radius 3 is 2.56 bits per heavy atom. The van der Waals surface area contributed by atoms with E-state index in [2.05, 4.69) is 42.1 Å². The van der Waals surface area contributed by atoms with Gasteiger partial charge >= 0.3 is 0 Å². The number of benzene rings is 2. The second-order valence-electron chi connectivity index (χ2n) is 5.29. The maximum absolute atomic E-state index is 12.3. The Morgan fingerprint density at radius 1 is 1.07 bits per heavy atom. The predicted molar refractivity (Wildman–Crippen MR) is 111 cm³/mol. The summed E-state index contributed by atoms with van der Waals surface area (Å²) in [6.45, 7) is 0. The summed E-state index contributed by atoms with van der Waals surface area (Å²) < 4.78 is 0.666. The number of hydrogen-bond donors (Lipinski definition) is 4. The molecule has 0 radical (unpaired) electrons. The van der Waals surface area contributed by atoms with E-state index in [1.54, 1.807) is 36.4 Å². The van der Waals surface area contributed by atoms with Crippen molar-refractivity contribution in [3.63, 3.8) is 0 Å². The van der Waals surface area contributed by atoms with Crippen LogP contribution >= 0.6 is 39.1 Å². The van der Waals surface area contributed by atoms with Gasteiger partial charge < -0.3 is 11.1 Å². The van der Waals surface area contributed by atoms with Crippen LogP contribution < -0.4 is 21.9 Å². The number of hydrazine groups is 1. The molecule has 0 aliphatic rings. The SMILES string of the molecule is Nc1c(NNC(=O)c2ccccc2Br)ncnc1Nc1ccc(Cl)cc1Cl. The predicted octanol–water partition coefficient (Wildman–Crippen LogP) is 4.63. The largest absolute Gasteiger partial charge is 0.393 e. The molecule has 3 aromatic rings. The summed E-state index contributed by atoms with van der Waals surface area (Å²) in [7, 11) is 0. The van der Waals surface area contributed by atoms with E-state index in [1.165, 1.54) is 6.33 Å². The first kappa shape index (κ1) is 19.2. The molecular formula is C17H13BrCl2N6O. The van der Waals surface area contributed by atoms with Crippen molar-refractivity contribution in [1.82, 2.24) is 15.4 Å². The maximum Gasteiger partial charge on any atom is 0.270 e. The standard InChI is InChI=1S/C17H13BrCl2N6O/c18-11-4-2-1-3-10(11)17(27)26-25-16-14(21)15(22-8-23-16)24-13-6-5-9(19)7-12(13)20/h1-8H,21H2,(H,26,27)(H2,22,23,24,25). The van der Waals surface area contributed by atoms with Crippen LogP contribution in [0.1, 0.15) is 10.4 Å². The lowest BCUT2D eigenvalue weighted by Gasteiger charge is -2.14. The van der Waals surface area contributed by atoms with E-state index in [0.717, 1.165) is 0 Å². The monoisotopic (exact) mass is 466 g/mol. The van der Waals surface area contributed by atoms with Crippen molar-refractivity contribution in [3.05, 3.63) is 68.9 Å². The fourth-order valence-electron chi connectivity index (χ4n) is 2.14. The quantitative estimate of drug-likeness (QED) is 0.408. The molecule has 0 saturated heterocycles. The molecule has 0 fully saturated rings. The smallest absolute Gasteiger partial charge is 0.270 e. The highest BCUT2D eigenvalue weighted by Crippen LogP contribution is 2.31. The van der Waals surface area contributed by atoms with E-state index in [-0.39, 0.29) is 17.4 Å². The fourth-order valence-corrected chi connectivity index (χ4v) is 3.06. The number of nitrogen functional groups attached to an aromatic ring is 1. The first-order chi connectivity index (χ1) is 13.0. The van der Waals surface area contributed by atoms with E-state index in [4.69, 9.17) is 28.9 Å². The van der Waals surface area contributed by atoms with E-state index in [0.29, 0.717) is 31.6 Å². The van der Waals surface area contributed by atoms with Crippen LogP contribution in [0.15, 0.2) is 53.3 Å². The highest BCUT2D eigenvalue weighted by molar-refractivity contribution is 9.10. The highest BCUT2D eigenvalue weighted by Gasteiger charge is 2.13. The van der Waals surface area contributed by atoms with Crippen LogP contribution in [-0.2, 0) is 0 Å². The number of nitrogens with two attached hydrogens (primary N) is 1. The zero-order valence-corrected chi connectivity index (χ0v) is 16.7. The number of aromatic nitrogens is 2. The second-order valence-corrected chi connectivity index (χ2v) is 6.99. The number of amides is 1. The second kappa shape index (κ2) is 8.43. The van der Waals surface area contributed by atoms with Gasteiger partial charge in [0.2, 0.25) is 0 Å². The van der Waals surface area contributed by atoms with Gasteiger partial charge in [-0.15, -0.1) is 0 Å². The molecule has 2 aromatic carbocycles. The van der Waals surface area contributed by atoms with E-state index in [1.807, 2.05) is 6.07 Å². The zero-order valence-electron chi connectivity index (χ0n) is 13.6. The Morgan fingerprint density at radius 2 is 1.81 bits per heavy atom. The van der Waals surface area contributed by atoms with Crippen LogP contribution in [0.2, 0.25) is 10.0 Å². The minimum Gasteiger partial charge on any atom is -0.393 e. The lowest BCUT2D eigenvalue weighted by Crippen LogP contribution is -2.30. The molecule has 10 heteroatoms. The third kappa shape index (κ3) is 4.60. The number of nitrogens with zero attached hydrogens (tertiary/aromatic N) is 2. The number of hydrogen-bond acceptors (Lipinski definition) is 6. The van der Waals surface area contributed by atoms with Crippen molar-refractivity contribution >= 4 is 68.0 Å². The summed E-state index contributed by atoms with van der Waals surface area (Å²) in [5.74, 6) is 0.209. The molecule has 27 heavy (non-hydrogen) atoms. The molecule has 0 spiro atoms. The highest BCUT2D eigenvalue weighted by atomic mass is 79.9. The van der Waals surface area contributed by atoms with Crippen molar-refractivity contribution in [2.75, 3.05) is 16.5 Å². The van der Waals surface area contributed by atoms with Gasteiger partial charge in [-0.1, -0.05) is 35.3 Å². The Hall–Kier alpha value is -2.55. The van der Waals surface area contributed by atoms with Gasteiger partial charge in [0.15, 0.2) is 11.6 Å². The summed E-state index contributed by atoms with van der Waals surface area (Å²) >= 11 is 15.4. The molecule has 0 atom stereocenters. The van der Waals surface area contributed by atoms with Gasteiger partial charge in [0.25, 0.3) is 5.91 Å². The van der Waals surface area contributed by atoms with Gasteiger partial charge in [0.05, 0.1) is 16.3 Å². The molecule has 7 nitrogen and oxygen atoms in total. The topological polar surface area (TPSA) is 105 Å². The number of nitrogens with one attached hydrogen (secondary N) is 3. The van der Waals surface area contributed by atoms with E-state index >= 15 is 0 Å². The minimum atomic E-state index is -0.351. The minimum absolute atomic E-state index is 0.205. The van der Waals surface area contributed by atoms with Gasteiger partial charge in [0.1, 0.15) is 12.0 Å². The fraction of sp³-hybridized carbons (Fsp3) is 0. The number of carbonyl (C=O) groups excluding carboxylic acids is 1. The number of halogens is 3. The molecule has 138 valence electrons. The lowest BCUT2D eigenvalue weighted by atomic mass is 10.2. The van der Waals surface area contributed by atoms with Crippen LogP contribution in [0.5, 0.6) is 0 Å².